The molecule has 0 bridgehead atoms. The van der Waals surface area contributed by atoms with Gasteiger partial charge in [-0.05, 0) is 30.5 Å². The summed E-state index contributed by atoms with van der Waals surface area (Å²) in [5.41, 5.74) is 0.419. The van der Waals surface area contributed by atoms with Crippen molar-refractivity contribution in [2.24, 2.45) is 0 Å². The lowest BCUT2D eigenvalue weighted by atomic mass is 10.1. The topological polar surface area (TPSA) is 87.1 Å². The van der Waals surface area contributed by atoms with Crippen LogP contribution < -0.4 is 0 Å². The fraction of sp³-hybridized carbons (Fsp3) is 0.333. The summed E-state index contributed by atoms with van der Waals surface area (Å²) >= 11 is 0. The van der Waals surface area contributed by atoms with Crippen LogP contribution >= 0.6 is 0 Å². The SMILES string of the molecule is C=CCOC(=O)N(C1CC1)C(C(=O)O)c1ccc(O)cc1. The predicted octanol–water partition coefficient (Wildman–Crippen LogP) is 2.30. The first-order valence-corrected chi connectivity index (χ1v) is 6.62. The van der Waals surface area contributed by atoms with E-state index in [4.69, 9.17) is 4.74 Å². The second kappa shape index (κ2) is 6.30. The Balaban J connectivity index is 2.28. The molecule has 1 fully saturated rings. The van der Waals surface area contributed by atoms with Crippen LogP contribution in [-0.4, -0.2) is 39.8 Å². The lowest BCUT2D eigenvalue weighted by Crippen LogP contribution is -2.41. The number of rotatable bonds is 6. The molecule has 1 aliphatic carbocycles. The van der Waals surface area contributed by atoms with E-state index in [1.54, 1.807) is 0 Å². The van der Waals surface area contributed by atoms with E-state index in [2.05, 4.69) is 6.58 Å². The van der Waals surface area contributed by atoms with Crippen molar-refractivity contribution in [3.8, 4) is 5.75 Å². The molecule has 0 spiro atoms. The van der Waals surface area contributed by atoms with Crippen molar-refractivity contribution in [3.63, 3.8) is 0 Å². The maximum absolute atomic E-state index is 12.1. The summed E-state index contributed by atoms with van der Waals surface area (Å²) in [5, 5.41) is 18.8. The number of benzene rings is 1. The number of ether oxygens (including phenoxy) is 1. The number of nitrogens with zero attached hydrogens (tertiary/aromatic N) is 1. The molecule has 1 unspecified atom stereocenters. The minimum atomic E-state index is -1.14. The smallest absolute Gasteiger partial charge is 0.411 e. The minimum absolute atomic E-state index is 0.0317. The fourth-order valence-electron chi connectivity index (χ4n) is 2.10. The normalized spacial score (nSPS) is 15.0. The fourth-order valence-corrected chi connectivity index (χ4v) is 2.10. The number of aliphatic carboxylic acids is 1. The summed E-state index contributed by atoms with van der Waals surface area (Å²) in [6.07, 6.45) is 2.27. The van der Waals surface area contributed by atoms with E-state index in [1.807, 2.05) is 0 Å². The maximum atomic E-state index is 12.1. The summed E-state index contributed by atoms with van der Waals surface area (Å²) in [7, 11) is 0. The zero-order valence-corrected chi connectivity index (χ0v) is 11.4. The van der Waals surface area contributed by atoms with Crippen molar-refractivity contribution in [1.29, 1.82) is 0 Å². The number of phenols is 1. The number of phenolic OH excluding ortho intramolecular Hbond substituents is 1. The Morgan fingerprint density at radius 3 is 2.48 bits per heavy atom. The summed E-state index contributed by atoms with van der Waals surface area (Å²) in [6.45, 7) is 3.49. The van der Waals surface area contributed by atoms with Gasteiger partial charge in [-0.1, -0.05) is 24.8 Å². The van der Waals surface area contributed by atoms with Gasteiger partial charge in [0.25, 0.3) is 0 Å². The van der Waals surface area contributed by atoms with Gasteiger partial charge in [0.1, 0.15) is 12.4 Å². The van der Waals surface area contributed by atoms with Crippen LogP contribution in [0, 0.1) is 0 Å². The second-order valence-electron chi connectivity index (χ2n) is 4.84. The van der Waals surface area contributed by atoms with Crippen molar-refractivity contribution in [3.05, 3.63) is 42.5 Å². The number of aromatic hydroxyl groups is 1. The van der Waals surface area contributed by atoms with Gasteiger partial charge in [0.2, 0.25) is 0 Å². The molecule has 0 saturated heterocycles. The molecule has 1 aromatic rings. The van der Waals surface area contributed by atoms with Gasteiger partial charge in [-0.2, -0.15) is 0 Å². The number of carboxylic acid groups (broad SMARTS) is 1. The summed E-state index contributed by atoms with van der Waals surface area (Å²) < 4.78 is 4.99. The molecule has 0 radical (unpaired) electrons. The number of carboxylic acids is 1. The molecule has 1 amide bonds. The van der Waals surface area contributed by atoms with E-state index < -0.39 is 18.1 Å². The molecule has 1 saturated carbocycles. The van der Waals surface area contributed by atoms with Crippen LogP contribution in [-0.2, 0) is 9.53 Å². The molecule has 0 aliphatic heterocycles. The van der Waals surface area contributed by atoms with E-state index in [-0.39, 0.29) is 18.4 Å². The van der Waals surface area contributed by atoms with Crippen LogP contribution in [0.2, 0.25) is 0 Å². The van der Waals surface area contributed by atoms with Gasteiger partial charge in [-0.15, -0.1) is 0 Å². The Morgan fingerprint density at radius 1 is 1.38 bits per heavy atom. The first kappa shape index (κ1) is 14.9. The highest BCUT2D eigenvalue weighted by Gasteiger charge is 2.42. The van der Waals surface area contributed by atoms with Crippen molar-refractivity contribution < 1.29 is 24.5 Å². The third-order valence-corrected chi connectivity index (χ3v) is 3.20. The Labute approximate surface area is 122 Å². The van der Waals surface area contributed by atoms with E-state index in [1.165, 1.54) is 35.2 Å². The molecule has 2 rings (SSSR count). The molecular weight excluding hydrogens is 274 g/mol. The average Bonchev–Trinajstić information content (AvgIpc) is 3.27. The molecule has 1 aromatic carbocycles. The van der Waals surface area contributed by atoms with Gasteiger partial charge in [0.15, 0.2) is 6.04 Å². The molecule has 6 heteroatoms. The Morgan fingerprint density at radius 2 is 2.00 bits per heavy atom. The van der Waals surface area contributed by atoms with Gasteiger partial charge in [-0.3, -0.25) is 4.90 Å². The highest BCUT2D eigenvalue weighted by molar-refractivity contribution is 5.82. The highest BCUT2D eigenvalue weighted by atomic mass is 16.6. The third kappa shape index (κ3) is 3.53. The summed E-state index contributed by atoms with van der Waals surface area (Å²) in [5.74, 6) is -1.10. The van der Waals surface area contributed by atoms with Gasteiger partial charge in [0, 0.05) is 6.04 Å². The van der Waals surface area contributed by atoms with E-state index in [0.29, 0.717) is 5.56 Å². The van der Waals surface area contributed by atoms with Crippen molar-refractivity contribution in [1.82, 2.24) is 4.90 Å². The van der Waals surface area contributed by atoms with Gasteiger partial charge in [0.05, 0.1) is 0 Å². The number of carbonyl (C=O) groups is 2. The lowest BCUT2D eigenvalue weighted by Gasteiger charge is -2.28. The second-order valence-corrected chi connectivity index (χ2v) is 4.84. The highest BCUT2D eigenvalue weighted by Crippen LogP contribution is 2.35. The van der Waals surface area contributed by atoms with Gasteiger partial charge >= 0.3 is 12.1 Å². The Kier molecular flexibility index (Phi) is 4.47. The largest absolute Gasteiger partial charge is 0.508 e. The van der Waals surface area contributed by atoms with Gasteiger partial charge < -0.3 is 14.9 Å². The van der Waals surface area contributed by atoms with Crippen molar-refractivity contribution in [2.75, 3.05) is 6.61 Å². The lowest BCUT2D eigenvalue weighted by molar-refractivity contribution is -0.143. The standard InChI is InChI=1S/C15H17NO5/c1-2-9-21-15(20)16(11-5-6-11)13(14(18)19)10-3-7-12(17)8-4-10/h2-4,7-8,11,13,17H,1,5-6,9H2,(H,18,19). The zero-order chi connectivity index (χ0) is 15.4. The molecule has 0 heterocycles. The molecule has 1 atom stereocenters. The monoisotopic (exact) mass is 291 g/mol. The quantitative estimate of drug-likeness (QED) is 0.785. The summed E-state index contributed by atoms with van der Waals surface area (Å²) in [6, 6.07) is 4.51. The van der Waals surface area contributed by atoms with Crippen LogP contribution in [0.4, 0.5) is 4.79 Å². The van der Waals surface area contributed by atoms with Crippen LogP contribution in [0.5, 0.6) is 5.75 Å². The van der Waals surface area contributed by atoms with Crippen molar-refractivity contribution >= 4 is 12.1 Å². The minimum Gasteiger partial charge on any atom is -0.508 e. The maximum Gasteiger partial charge on any atom is 0.411 e. The molecule has 1 aliphatic rings. The van der Waals surface area contributed by atoms with E-state index >= 15 is 0 Å². The van der Waals surface area contributed by atoms with E-state index in [9.17, 15) is 19.8 Å². The first-order chi connectivity index (χ1) is 10.0. The number of hydrogen-bond donors (Lipinski definition) is 2. The number of carbonyl (C=O) groups excluding carboxylic acids is 1. The Hall–Kier alpha value is -2.50. The molecule has 2 N–H and O–H groups in total. The van der Waals surface area contributed by atoms with Crippen LogP contribution in [0.1, 0.15) is 24.4 Å². The predicted molar refractivity (Wildman–Crippen MR) is 74.9 cm³/mol. The number of amides is 1. The first-order valence-electron chi connectivity index (χ1n) is 6.62. The Bertz CT molecular complexity index is 535. The van der Waals surface area contributed by atoms with Gasteiger partial charge in [-0.25, -0.2) is 9.59 Å². The molecule has 112 valence electrons. The van der Waals surface area contributed by atoms with Crippen LogP contribution in [0.15, 0.2) is 36.9 Å². The molecule has 21 heavy (non-hydrogen) atoms. The molecular formula is C15H17NO5. The van der Waals surface area contributed by atoms with Crippen LogP contribution in [0.25, 0.3) is 0 Å². The molecule has 6 nitrogen and oxygen atoms in total. The number of hydrogen-bond acceptors (Lipinski definition) is 4. The van der Waals surface area contributed by atoms with Crippen LogP contribution in [0.3, 0.4) is 0 Å². The third-order valence-electron chi connectivity index (χ3n) is 3.20. The zero-order valence-electron chi connectivity index (χ0n) is 11.4. The molecule has 0 aromatic heterocycles. The van der Waals surface area contributed by atoms with E-state index in [0.717, 1.165) is 12.8 Å². The summed E-state index contributed by atoms with van der Waals surface area (Å²) in [4.78, 5) is 25.0. The van der Waals surface area contributed by atoms with Crippen molar-refractivity contribution in [2.45, 2.75) is 24.9 Å². The average molecular weight is 291 g/mol.